The lowest BCUT2D eigenvalue weighted by atomic mass is 10.1. The Kier molecular flexibility index (Phi) is 12.7. The average Bonchev–Trinajstić information content (AvgIpc) is 2.40. The highest BCUT2D eigenvalue weighted by atomic mass is 16.7. The topological polar surface area (TPSA) is 49.8 Å². The van der Waals surface area contributed by atoms with Crippen LogP contribution < -0.4 is 0 Å². The van der Waals surface area contributed by atoms with Crippen LogP contribution in [-0.4, -0.2) is 22.9 Å². The number of hydroxylamine groups is 2. The number of carbonyl (C=O) groups is 1. The molecule has 0 bridgehead atoms. The van der Waals surface area contributed by atoms with E-state index in [0.717, 1.165) is 17.9 Å². The lowest BCUT2D eigenvalue weighted by Gasteiger charge is -2.12. The zero-order valence-electron chi connectivity index (χ0n) is 12.3. The molecule has 0 atom stereocenters. The van der Waals surface area contributed by atoms with Gasteiger partial charge in [0.2, 0.25) is 0 Å². The first-order valence-corrected chi connectivity index (χ1v) is 7.50. The summed E-state index contributed by atoms with van der Waals surface area (Å²) in [7, 11) is 0. The van der Waals surface area contributed by atoms with Gasteiger partial charge in [0.1, 0.15) is 0 Å². The quantitative estimate of drug-likeness (QED) is 0.380. The minimum absolute atomic E-state index is 0.439. The highest BCUT2D eigenvalue weighted by Crippen LogP contribution is 2.10. The molecule has 0 spiro atoms. The van der Waals surface area contributed by atoms with Gasteiger partial charge in [-0.2, -0.15) is 5.06 Å². The Labute approximate surface area is 117 Å². The maximum absolute atomic E-state index is 10.6. The van der Waals surface area contributed by atoms with Crippen molar-refractivity contribution in [2.24, 2.45) is 0 Å². The van der Waals surface area contributed by atoms with Crippen LogP contribution in [0.5, 0.6) is 0 Å². The first-order chi connectivity index (χ1) is 9.22. The molecule has 0 fully saturated rings. The van der Waals surface area contributed by atoms with Crippen molar-refractivity contribution >= 4 is 6.09 Å². The van der Waals surface area contributed by atoms with Crippen molar-refractivity contribution in [3.05, 3.63) is 12.8 Å². The maximum Gasteiger partial charge on any atom is 0.435 e. The van der Waals surface area contributed by atoms with Crippen molar-refractivity contribution in [1.29, 1.82) is 0 Å². The van der Waals surface area contributed by atoms with Crippen molar-refractivity contribution in [1.82, 2.24) is 5.06 Å². The number of unbranched alkanes of at least 4 members (excludes halogenated alkanes) is 9. The molecule has 112 valence electrons. The number of hydrogen-bond donors (Lipinski definition) is 1. The highest BCUT2D eigenvalue weighted by molar-refractivity contribution is 5.64. The molecule has 4 nitrogen and oxygen atoms in total. The second-order valence-corrected chi connectivity index (χ2v) is 4.81. The number of rotatable bonds is 13. The molecule has 0 aromatic heterocycles. The Hall–Kier alpha value is -1.03. The van der Waals surface area contributed by atoms with Crippen LogP contribution in [0.2, 0.25) is 0 Å². The van der Waals surface area contributed by atoms with Crippen LogP contribution in [0.4, 0.5) is 4.79 Å². The van der Waals surface area contributed by atoms with Crippen molar-refractivity contribution in [3.63, 3.8) is 0 Å². The molecule has 0 rings (SSSR count). The molecular weight excluding hydrogens is 242 g/mol. The van der Waals surface area contributed by atoms with E-state index in [9.17, 15) is 4.79 Å². The fourth-order valence-electron chi connectivity index (χ4n) is 1.94. The van der Waals surface area contributed by atoms with Gasteiger partial charge in [0.25, 0.3) is 0 Å². The molecule has 0 aliphatic carbocycles. The summed E-state index contributed by atoms with van der Waals surface area (Å²) in [5.74, 6) is 0. The molecule has 0 unspecified atom stereocenters. The largest absolute Gasteiger partial charge is 0.463 e. The Morgan fingerprint density at radius 3 is 1.95 bits per heavy atom. The van der Waals surface area contributed by atoms with Crippen molar-refractivity contribution in [3.8, 4) is 0 Å². The third kappa shape index (κ3) is 11.8. The van der Waals surface area contributed by atoms with Gasteiger partial charge in [0.05, 0.1) is 6.61 Å². The molecule has 0 aliphatic rings. The maximum atomic E-state index is 10.6. The van der Waals surface area contributed by atoms with E-state index in [1.165, 1.54) is 57.6 Å². The van der Waals surface area contributed by atoms with E-state index in [-0.39, 0.29) is 0 Å². The van der Waals surface area contributed by atoms with Gasteiger partial charge in [0.15, 0.2) is 0 Å². The van der Waals surface area contributed by atoms with Crippen LogP contribution in [0, 0.1) is 0 Å². The molecule has 0 aliphatic heterocycles. The minimum Gasteiger partial charge on any atom is -0.463 e. The number of amides is 1. The Morgan fingerprint density at radius 2 is 1.53 bits per heavy atom. The Morgan fingerprint density at radius 1 is 1.05 bits per heavy atom. The second kappa shape index (κ2) is 13.4. The summed E-state index contributed by atoms with van der Waals surface area (Å²) in [5.41, 5.74) is 0. The normalized spacial score (nSPS) is 10.4. The van der Waals surface area contributed by atoms with Crippen molar-refractivity contribution in [2.45, 2.75) is 71.1 Å². The summed E-state index contributed by atoms with van der Waals surface area (Å²) in [5, 5.41) is 9.42. The van der Waals surface area contributed by atoms with Crippen molar-refractivity contribution < 1.29 is 14.7 Å². The summed E-state index contributed by atoms with van der Waals surface area (Å²) in [6, 6.07) is 0. The van der Waals surface area contributed by atoms with Gasteiger partial charge in [-0.15, -0.1) is 0 Å². The fourth-order valence-corrected chi connectivity index (χ4v) is 1.94. The lowest BCUT2D eigenvalue weighted by molar-refractivity contribution is -0.0960. The van der Waals surface area contributed by atoms with Crippen LogP contribution in [-0.2, 0) is 4.84 Å². The summed E-state index contributed by atoms with van der Waals surface area (Å²) in [6.45, 7) is 6.05. The van der Waals surface area contributed by atoms with Crippen LogP contribution in [0.3, 0.4) is 0 Å². The van der Waals surface area contributed by atoms with Crippen LogP contribution >= 0.6 is 0 Å². The molecule has 19 heavy (non-hydrogen) atoms. The highest BCUT2D eigenvalue weighted by Gasteiger charge is 2.06. The number of nitrogens with zero attached hydrogens (tertiary/aromatic N) is 1. The van der Waals surface area contributed by atoms with Gasteiger partial charge in [-0.05, 0) is 6.42 Å². The molecular formula is C15H29NO3. The zero-order valence-corrected chi connectivity index (χ0v) is 12.3. The van der Waals surface area contributed by atoms with Crippen LogP contribution in [0.25, 0.3) is 0 Å². The van der Waals surface area contributed by atoms with Crippen LogP contribution in [0.1, 0.15) is 71.1 Å². The molecule has 1 amide bonds. The minimum atomic E-state index is -1.12. The smallest absolute Gasteiger partial charge is 0.435 e. The van der Waals surface area contributed by atoms with Gasteiger partial charge in [0, 0.05) is 6.20 Å². The first kappa shape index (κ1) is 18.0. The molecule has 4 heteroatoms. The predicted molar refractivity (Wildman–Crippen MR) is 77.9 cm³/mol. The van der Waals surface area contributed by atoms with E-state index in [1.54, 1.807) is 0 Å². The zero-order chi connectivity index (χ0) is 14.3. The number of hydrogen-bond acceptors (Lipinski definition) is 2. The first-order valence-electron chi connectivity index (χ1n) is 7.50. The molecule has 0 radical (unpaired) electrons. The van der Waals surface area contributed by atoms with E-state index < -0.39 is 6.09 Å². The van der Waals surface area contributed by atoms with Crippen LogP contribution in [0.15, 0.2) is 12.8 Å². The standard InChI is InChI=1S/C15H29NO3/c1-3-5-6-7-8-9-10-11-12-13-14-19-16(4-2)15(17)18/h4H,2-3,5-14H2,1H3,(H,17,18). The third-order valence-electron chi connectivity index (χ3n) is 3.08. The fraction of sp³-hybridized carbons (Fsp3) is 0.800. The average molecular weight is 271 g/mol. The molecule has 0 aromatic rings. The van der Waals surface area contributed by atoms with Crippen molar-refractivity contribution in [2.75, 3.05) is 6.61 Å². The summed E-state index contributed by atoms with van der Waals surface area (Å²) < 4.78 is 0. The summed E-state index contributed by atoms with van der Waals surface area (Å²) >= 11 is 0. The third-order valence-corrected chi connectivity index (χ3v) is 3.08. The SMILES string of the molecule is C=CN(OCCCCCCCCCCCC)C(=O)O. The van der Waals surface area contributed by atoms with Gasteiger partial charge in [-0.3, -0.25) is 4.84 Å². The van der Waals surface area contributed by atoms with E-state index in [4.69, 9.17) is 9.94 Å². The summed E-state index contributed by atoms with van der Waals surface area (Å²) in [6.07, 6.45) is 12.6. The van der Waals surface area contributed by atoms with E-state index in [2.05, 4.69) is 13.5 Å². The van der Waals surface area contributed by atoms with Gasteiger partial charge >= 0.3 is 6.09 Å². The molecule has 0 saturated heterocycles. The van der Waals surface area contributed by atoms with E-state index in [0.29, 0.717) is 6.61 Å². The van der Waals surface area contributed by atoms with Gasteiger partial charge in [-0.1, -0.05) is 71.3 Å². The Bertz CT molecular complexity index is 231. The number of carboxylic acid groups (broad SMARTS) is 1. The van der Waals surface area contributed by atoms with E-state index in [1.807, 2.05) is 0 Å². The van der Waals surface area contributed by atoms with Gasteiger partial charge in [-0.25, -0.2) is 4.79 Å². The summed E-state index contributed by atoms with van der Waals surface area (Å²) in [4.78, 5) is 15.6. The van der Waals surface area contributed by atoms with E-state index >= 15 is 0 Å². The lowest BCUT2D eigenvalue weighted by Crippen LogP contribution is -2.24. The van der Waals surface area contributed by atoms with Gasteiger partial charge < -0.3 is 5.11 Å². The Balaban J connectivity index is 3.18. The molecule has 0 saturated carbocycles. The monoisotopic (exact) mass is 271 g/mol. The molecule has 0 heterocycles. The second-order valence-electron chi connectivity index (χ2n) is 4.81. The predicted octanol–water partition coefficient (Wildman–Crippen LogP) is 4.96. The molecule has 0 aromatic carbocycles. The molecule has 1 N–H and O–H groups in total.